The molecule has 2 aromatic carbocycles. The summed E-state index contributed by atoms with van der Waals surface area (Å²) in [6, 6.07) is 10.4. The predicted molar refractivity (Wildman–Crippen MR) is 125 cm³/mol. The number of furan rings is 1. The number of fused-ring (bicyclic) bond motifs is 1. The van der Waals surface area contributed by atoms with E-state index in [4.69, 9.17) is 18.6 Å². The summed E-state index contributed by atoms with van der Waals surface area (Å²) < 4.78 is 22.0. The number of amides is 2. The minimum atomic E-state index is -0.429. The zero-order valence-corrected chi connectivity index (χ0v) is 19.3. The minimum Gasteiger partial charge on any atom is -0.493 e. The van der Waals surface area contributed by atoms with Crippen molar-refractivity contribution < 1.29 is 28.2 Å². The third-order valence-corrected chi connectivity index (χ3v) is 6.03. The number of ether oxygens (including phenoxy) is 3. The number of rotatable bonds is 6. The van der Waals surface area contributed by atoms with Crippen LogP contribution >= 0.6 is 0 Å². The second-order valence-corrected chi connectivity index (χ2v) is 8.15. The van der Waals surface area contributed by atoms with Gasteiger partial charge in [-0.2, -0.15) is 0 Å². The molecule has 1 N–H and O–H groups in total. The van der Waals surface area contributed by atoms with Crippen LogP contribution in [0.15, 0.2) is 40.8 Å². The van der Waals surface area contributed by atoms with E-state index >= 15 is 0 Å². The summed E-state index contributed by atoms with van der Waals surface area (Å²) in [5.74, 6) is 1.17. The molecule has 0 radical (unpaired) electrons. The maximum Gasteiger partial charge on any atom is 0.291 e. The molecule has 1 aromatic heterocycles. The highest BCUT2D eigenvalue weighted by Crippen LogP contribution is 2.39. The van der Waals surface area contributed by atoms with Crippen LogP contribution in [0.3, 0.4) is 0 Å². The number of methoxy groups -OCH3 is 3. The first kappa shape index (κ1) is 22.5. The number of carbonyl (C=O) groups is 2. The Labute approximate surface area is 192 Å². The van der Waals surface area contributed by atoms with Gasteiger partial charge in [-0.1, -0.05) is 19.1 Å². The Morgan fingerprint density at radius 2 is 1.64 bits per heavy atom. The SMILES string of the molecule is COc1cc(C(=O)Nc2c(C(=O)N3CCC(C)CC3)oc3ccccc23)cc(OC)c1OC. The molecule has 174 valence electrons. The van der Waals surface area contributed by atoms with Crippen LogP contribution < -0.4 is 19.5 Å². The highest BCUT2D eigenvalue weighted by molar-refractivity contribution is 6.14. The monoisotopic (exact) mass is 452 g/mol. The molecule has 1 aliphatic rings. The fraction of sp³-hybridized carbons (Fsp3) is 0.360. The zero-order chi connectivity index (χ0) is 23.5. The fourth-order valence-electron chi connectivity index (χ4n) is 4.07. The molecular weight excluding hydrogens is 424 g/mol. The largest absolute Gasteiger partial charge is 0.493 e. The summed E-state index contributed by atoms with van der Waals surface area (Å²) >= 11 is 0. The van der Waals surface area contributed by atoms with Gasteiger partial charge in [0.15, 0.2) is 11.5 Å². The van der Waals surface area contributed by atoms with Crippen LogP contribution in [-0.4, -0.2) is 51.1 Å². The third kappa shape index (κ3) is 4.33. The highest BCUT2D eigenvalue weighted by Gasteiger charge is 2.29. The number of hydrogen-bond donors (Lipinski definition) is 1. The number of para-hydroxylation sites is 1. The lowest BCUT2D eigenvalue weighted by molar-refractivity contribution is 0.0669. The van der Waals surface area contributed by atoms with E-state index < -0.39 is 5.91 Å². The molecular formula is C25H28N2O6. The molecule has 0 unspecified atom stereocenters. The van der Waals surface area contributed by atoms with Crippen molar-refractivity contribution in [1.82, 2.24) is 4.90 Å². The van der Waals surface area contributed by atoms with Crippen molar-refractivity contribution >= 4 is 28.5 Å². The lowest BCUT2D eigenvalue weighted by Crippen LogP contribution is -2.38. The van der Waals surface area contributed by atoms with Gasteiger partial charge in [0.2, 0.25) is 11.5 Å². The lowest BCUT2D eigenvalue weighted by atomic mass is 9.99. The van der Waals surface area contributed by atoms with E-state index in [9.17, 15) is 9.59 Å². The molecule has 0 saturated carbocycles. The van der Waals surface area contributed by atoms with Crippen molar-refractivity contribution in [2.24, 2.45) is 5.92 Å². The van der Waals surface area contributed by atoms with Crippen molar-refractivity contribution in [1.29, 1.82) is 0 Å². The number of hydrogen-bond acceptors (Lipinski definition) is 6. The van der Waals surface area contributed by atoms with Gasteiger partial charge in [-0.15, -0.1) is 0 Å². The van der Waals surface area contributed by atoms with E-state index in [-0.39, 0.29) is 11.7 Å². The number of nitrogens with one attached hydrogen (secondary N) is 1. The average molecular weight is 453 g/mol. The highest BCUT2D eigenvalue weighted by atomic mass is 16.5. The van der Waals surface area contributed by atoms with E-state index in [2.05, 4.69) is 12.2 Å². The first-order chi connectivity index (χ1) is 16.0. The summed E-state index contributed by atoms with van der Waals surface area (Å²) in [5, 5.41) is 3.55. The number of piperidine rings is 1. The van der Waals surface area contributed by atoms with Gasteiger partial charge in [0.25, 0.3) is 11.8 Å². The predicted octanol–water partition coefficient (Wildman–Crippen LogP) is 4.58. The molecule has 33 heavy (non-hydrogen) atoms. The topological polar surface area (TPSA) is 90.2 Å². The maximum absolute atomic E-state index is 13.3. The van der Waals surface area contributed by atoms with Crippen molar-refractivity contribution in [3.63, 3.8) is 0 Å². The molecule has 2 amide bonds. The van der Waals surface area contributed by atoms with Crippen molar-refractivity contribution in [2.75, 3.05) is 39.7 Å². The van der Waals surface area contributed by atoms with Gasteiger partial charge in [-0.25, -0.2) is 0 Å². The average Bonchev–Trinajstić information content (AvgIpc) is 3.21. The van der Waals surface area contributed by atoms with Crippen LogP contribution in [0.2, 0.25) is 0 Å². The summed E-state index contributed by atoms with van der Waals surface area (Å²) in [6.07, 6.45) is 1.89. The van der Waals surface area contributed by atoms with E-state index in [0.717, 1.165) is 12.8 Å². The van der Waals surface area contributed by atoms with Crippen molar-refractivity contribution in [3.05, 3.63) is 47.7 Å². The molecule has 3 aromatic rings. The Balaban J connectivity index is 1.71. The van der Waals surface area contributed by atoms with Crippen LogP contribution in [0.25, 0.3) is 11.0 Å². The van der Waals surface area contributed by atoms with Gasteiger partial charge in [-0.3, -0.25) is 9.59 Å². The third-order valence-electron chi connectivity index (χ3n) is 6.03. The van der Waals surface area contributed by atoms with Crippen LogP contribution in [0.4, 0.5) is 5.69 Å². The molecule has 1 aliphatic heterocycles. The molecule has 8 heteroatoms. The van der Waals surface area contributed by atoms with Crippen LogP contribution in [0, 0.1) is 5.92 Å². The number of likely N-dealkylation sites (tertiary alicyclic amines) is 1. The van der Waals surface area contributed by atoms with Crippen molar-refractivity contribution in [3.8, 4) is 17.2 Å². The Morgan fingerprint density at radius 3 is 2.24 bits per heavy atom. The second-order valence-electron chi connectivity index (χ2n) is 8.15. The summed E-state index contributed by atoms with van der Waals surface area (Å²) in [5.41, 5.74) is 1.18. The number of nitrogens with zero attached hydrogens (tertiary/aromatic N) is 1. The Morgan fingerprint density at radius 1 is 1.00 bits per heavy atom. The molecule has 0 atom stereocenters. The molecule has 0 spiro atoms. The van der Waals surface area contributed by atoms with Gasteiger partial charge >= 0.3 is 0 Å². The summed E-state index contributed by atoms with van der Waals surface area (Å²) in [7, 11) is 4.47. The number of carbonyl (C=O) groups excluding carboxylic acids is 2. The summed E-state index contributed by atoms with van der Waals surface area (Å²) in [4.78, 5) is 28.4. The molecule has 1 fully saturated rings. The fourth-order valence-corrected chi connectivity index (χ4v) is 4.07. The van der Waals surface area contributed by atoms with E-state index in [1.807, 2.05) is 18.2 Å². The Bertz CT molecular complexity index is 1150. The van der Waals surface area contributed by atoms with E-state index in [0.29, 0.717) is 58.5 Å². The van der Waals surface area contributed by atoms with E-state index in [1.54, 1.807) is 23.1 Å². The molecule has 2 heterocycles. The van der Waals surface area contributed by atoms with Crippen LogP contribution in [0.1, 0.15) is 40.7 Å². The summed E-state index contributed by atoms with van der Waals surface area (Å²) in [6.45, 7) is 3.51. The first-order valence-electron chi connectivity index (χ1n) is 10.9. The van der Waals surface area contributed by atoms with Gasteiger partial charge in [-0.05, 0) is 43.0 Å². The maximum atomic E-state index is 13.3. The number of anilines is 1. The molecule has 0 bridgehead atoms. The molecule has 0 aliphatic carbocycles. The molecule has 4 rings (SSSR count). The molecule has 8 nitrogen and oxygen atoms in total. The smallest absolute Gasteiger partial charge is 0.291 e. The van der Waals surface area contributed by atoms with Crippen LogP contribution in [-0.2, 0) is 0 Å². The second kappa shape index (κ2) is 9.44. The van der Waals surface area contributed by atoms with Gasteiger partial charge in [0.05, 0.1) is 21.3 Å². The van der Waals surface area contributed by atoms with E-state index in [1.165, 1.54) is 21.3 Å². The van der Waals surface area contributed by atoms with Gasteiger partial charge < -0.3 is 28.8 Å². The minimum absolute atomic E-state index is 0.131. The zero-order valence-electron chi connectivity index (χ0n) is 19.3. The van der Waals surface area contributed by atoms with Gasteiger partial charge in [0.1, 0.15) is 11.3 Å². The Hall–Kier alpha value is -3.68. The van der Waals surface area contributed by atoms with Gasteiger partial charge in [0, 0.05) is 24.0 Å². The lowest BCUT2D eigenvalue weighted by Gasteiger charge is -2.29. The first-order valence-corrected chi connectivity index (χ1v) is 10.9. The number of benzene rings is 2. The Kier molecular flexibility index (Phi) is 6.44. The normalized spacial score (nSPS) is 14.2. The van der Waals surface area contributed by atoms with Crippen molar-refractivity contribution in [2.45, 2.75) is 19.8 Å². The quantitative estimate of drug-likeness (QED) is 0.589. The van der Waals surface area contributed by atoms with Crippen LogP contribution in [0.5, 0.6) is 17.2 Å². The molecule has 1 saturated heterocycles. The standard InChI is InChI=1S/C25H28N2O6/c1-15-9-11-27(12-10-15)25(29)23-21(17-7-5-6-8-18(17)33-23)26-24(28)16-13-19(30-2)22(32-4)20(14-16)31-3/h5-8,13-15H,9-12H2,1-4H3,(H,26,28).